The molecule has 0 bridgehead atoms. The fourth-order valence-electron chi connectivity index (χ4n) is 2.01. The second-order valence-electron chi connectivity index (χ2n) is 4.16. The Bertz CT molecular complexity index is 524. The van der Waals surface area contributed by atoms with Crippen molar-refractivity contribution >= 4 is 24.0 Å². The van der Waals surface area contributed by atoms with Crippen LogP contribution < -0.4 is 5.32 Å². The van der Waals surface area contributed by atoms with Crippen LogP contribution >= 0.6 is 24.0 Å². The van der Waals surface area contributed by atoms with Crippen LogP contribution in [0.25, 0.3) is 11.4 Å². The SMILES string of the molecule is Cl.Clc1cccc(-c2noc(C3CCNC3)n2)c1. The Hall–Kier alpha value is -1.10. The number of rotatable bonds is 2. The molecular weight excluding hydrogens is 273 g/mol. The maximum atomic E-state index is 5.93. The van der Waals surface area contributed by atoms with Gasteiger partial charge in [-0.25, -0.2) is 0 Å². The van der Waals surface area contributed by atoms with Crippen molar-refractivity contribution in [2.75, 3.05) is 13.1 Å². The van der Waals surface area contributed by atoms with E-state index < -0.39 is 0 Å². The third-order valence-corrected chi connectivity index (χ3v) is 3.17. The van der Waals surface area contributed by atoms with Gasteiger partial charge >= 0.3 is 0 Å². The van der Waals surface area contributed by atoms with Crippen LogP contribution in [0.15, 0.2) is 28.8 Å². The van der Waals surface area contributed by atoms with Gasteiger partial charge in [0.05, 0.1) is 5.92 Å². The molecule has 0 amide bonds. The van der Waals surface area contributed by atoms with Gasteiger partial charge in [-0.05, 0) is 25.1 Å². The maximum Gasteiger partial charge on any atom is 0.231 e. The molecule has 1 fully saturated rings. The van der Waals surface area contributed by atoms with Crippen molar-refractivity contribution in [3.63, 3.8) is 0 Å². The molecule has 1 unspecified atom stereocenters. The van der Waals surface area contributed by atoms with Crippen molar-refractivity contribution in [3.05, 3.63) is 35.2 Å². The lowest BCUT2D eigenvalue weighted by atomic mass is 10.1. The first kappa shape index (κ1) is 13.3. The Morgan fingerprint density at radius 1 is 1.39 bits per heavy atom. The van der Waals surface area contributed by atoms with Crippen LogP contribution in [-0.4, -0.2) is 23.2 Å². The standard InChI is InChI=1S/C12H12ClN3O.ClH/c13-10-3-1-2-8(6-10)11-15-12(17-16-11)9-4-5-14-7-9;/h1-3,6,9,14H,4-5,7H2;1H. The lowest BCUT2D eigenvalue weighted by Gasteiger charge is -1.98. The molecule has 2 heterocycles. The summed E-state index contributed by atoms with van der Waals surface area (Å²) in [6.07, 6.45) is 1.05. The smallest absolute Gasteiger partial charge is 0.231 e. The lowest BCUT2D eigenvalue weighted by molar-refractivity contribution is 0.359. The normalized spacial score (nSPS) is 18.6. The Kier molecular flexibility index (Phi) is 4.22. The monoisotopic (exact) mass is 285 g/mol. The molecule has 1 atom stereocenters. The molecular formula is C12H13Cl2N3O. The minimum atomic E-state index is 0. The van der Waals surface area contributed by atoms with Crippen molar-refractivity contribution < 1.29 is 4.52 Å². The molecule has 2 aromatic rings. The van der Waals surface area contributed by atoms with E-state index in [0.29, 0.717) is 22.7 Å². The second kappa shape index (κ2) is 5.69. The van der Waals surface area contributed by atoms with Crippen LogP contribution in [0, 0.1) is 0 Å². The zero-order chi connectivity index (χ0) is 11.7. The molecule has 1 saturated heterocycles. The largest absolute Gasteiger partial charge is 0.339 e. The van der Waals surface area contributed by atoms with E-state index in [4.69, 9.17) is 16.1 Å². The van der Waals surface area contributed by atoms with Gasteiger partial charge < -0.3 is 9.84 Å². The quantitative estimate of drug-likeness (QED) is 0.922. The molecule has 0 radical (unpaired) electrons. The van der Waals surface area contributed by atoms with Gasteiger partial charge in [-0.2, -0.15) is 4.98 Å². The molecule has 1 aliphatic rings. The molecule has 6 heteroatoms. The minimum absolute atomic E-state index is 0. The van der Waals surface area contributed by atoms with Crippen LogP contribution in [0.3, 0.4) is 0 Å². The van der Waals surface area contributed by atoms with Gasteiger partial charge in [0.25, 0.3) is 0 Å². The van der Waals surface area contributed by atoms with Crippen molar-refractivity contribution in [3.8, 4) is 11.4 Å². The Morgan fingerprint density at radius 3 is 3.00 bits per heavy atom. The summed E-state index contributed by atoms with van der Waals surface area (Å²) in [6.45, 7) is 1.93. The van der Waals surface area contributed by atoms with E-state index >= 15 is 0 Å². The van der Waals surface area contributed by atoms with E-state index in [2.05, 4.69) is 15.5 Å². The molecule has 1 aromatic carbocycles. The molecule has 0 saturated carbocycles. The number of hydrogen-bond acceptors (Lipinski definition) is 4. The highest BCUT2D eigenvalue weighted by molar-refractivity contribution is 6.30. The van der Waals surface area contributed by atoms with E-state index in [9.17, 15) is 0 Å². The van der Waals surface area contributed by atoms with Crippen molar-refractivity contribution in [2.24, 2.45) is 0 Å². The third kappa shape index (κ3) is 2.66. The van der Waals surface area contributed by atoms with E-state index in [-0.39, 0.29) is 12.4 Å². The van der Waals surface area contributed by atoms with Crippen molar-refractivity contribution in [1.82, 2.24) is 15.5 Å². The number of halogens is 2. The zero-order valence-electron chi connectivity index (χ0n) is 9.60. The molecule has 1 aliphatic heterocycles. The summed E-state index contributed by atoms with van der Waals surface area (Å²) in [6, 6.07) is 7.47. The van der Waals surface area contributed by atoms with E-state index in [1.807, 2.05) is 24.3 Å². The highest BCUT2D eigenvalue weighted by Crippen LogP contribution is 2.24. The lowest BCUT2D eigenvalue weighted by Crippen LogP contribution is -2.08. The summed E-state index contributed by atoms with van der Waals surface area (Å²) in [7, 11) is 0. The topological polar surface area (TPSA) is 51.0 Å². The van der Waals surface area contributed by atoms with E-state index in [0.717, 1.165) is 25.1 Å². The summed E-state index contributed by atoms with van der Waals surface area (Å²) >= 11 is 5.93. The summed E-state index contributed by atoms with van der Waals surface area (Å²) < 4.78 is 5.30. The fourth-order valence-corrected chi connectivity index (χ4v) is 2.20. The first-order valence-corrected chi connectivity index (χ1v) is 6.01. The van der Waals surface area contributed by atoms with Crippen molar-refractivity contribution in [1.29, 1.82) is 0 Å². The van der Waals surface area contributed by atoms with Gasteiger partial charge in [0.1, 0.15) is 0 Å². The average molecular weight is 286 g/mol. The molecule has 4 nitrogen and oxygen atoms in total. The second-order valence-corrected chi connectivity index (χ2v) is 4.59. The van der Waals surface area contributed by atoms with Gasteiger partial charge in [0, 0.05) is 17.1 Å². The van der Waals surface area contributed by atoms with Crippen LogP contribution in [0.1, 0.15) is 18.2 Å². The Balaban J connectivity index is 0.00000120. The fraction of sp³-hybridized carbons (Fsp3) is 0.333. The molecule has 1 aromatic heterocycles. The summed E-state index contributed by atoms with van der Waals surface area (Å²) in [5, 5.41) is 7.96. The highest BCUT2D eigenvalue weighted by atomic mass is 35.5. The molecule has 1 N–H and O–H groups in total. The number of benzene rings is 1. The van der Waals surface area contributed by atoms with Crippen LogP contribution in [-0.2, 0) is 0 Å². The summed E-state index contributed by atoms with van der Waals surface area (Å²) in [5.41, 5.74) is 0.887. The molecule has 18 heavy (non-hydrogen) atoms. The van der Waals surface area contributed by atoms with Gasteiger partial charge in [0.2, 0.25) is 11.7 Å². The number of nitrogens with one attached hydrogen (secondary N) is 1. The predicted molar refractivity (Wildman–Crippen MR) is 72.2 cm³/mol. The van der Waals surface area contributed by atoms with Gasteiger partial charge in [-0.1, -0.05) is 28.9 Å². The van der Waals surface area contributed by atoms with Gasteiger partial charge in [0.15, 0.2) is 0 Å². The maximum absolute atomic E-state index is 5.93. The van der Waals surface area contributed by atoms with E-state index in [1.54, 1.807) is 0 Å². The number of nitrogens with zero attached hydrogens (tertiary/aromatic N) is 2. The molecule has 0 spiro atoms. The molecule has 96 valence electrons. The van der Waals surface area contributed by atoms with Gasteiger partial charge in [-0.15, -0.1) is 12.4 Å². The third-order valence-electron chi connectivity index (χ3n) is 2.93. The predicted octanol–water partition coefficient (Wildman–Crippen LogP) is 2.89. The van der Waals surface area contributed by atoms with E-state index in [1.165, 1.54) is 0 Å². The first-order valence-electron chi connectivity index (χ1n) is 5.63. The summed E-state index contributed by atoms with van der Waals surface area (Å²) in [4.78, 5) is 4.43. The Labute approximate surface area is 116 Å². The van der Waals surface area contributed by atoms with Crippen molar-refractivity contribution in [2.45, 2.75) is 12.3 Å². The summed E-state index contributed by atoms with van der Waals surface area (Å²) in [5.74, 6) is 1.66. The first-order chi connectivity index (χ1) is 8.33. The average Bonchev–Trinajstić information content (AvgIpc) is 3.00. The Morgan fingerprint density at radius 2 is 2.28 bits per heavy atom. The molecule has 3 rings (SSSR count). The van der Waals surface area contributed by atoms with Crippen LogP contribution in [0.4, 0.5) is 0 Å². The van der Waals surface area contributed by atoms with Crippen LogP contribution in [0.5, 0.6) is 0 Å². The van der Waals surface area contributed by atoms with Gasteiger partial charge in [-0.3, -0.25) is 0 Å². The number of aromatic nitrogens is 2. The highest BCUT2D eigenvalue weighted by Gasteiger charge is 2.22. The van der Waals surface area contributed by atoms with Crippen LogP contribution in [0.2, 0.25) is 5.02 Å². The number of hydrogen-bond donors (Lipinski definition) is 1. The molecule has 0 aliphatic carbocycles. The zero-order valence-corrected chi connectivity index (χ0v) is 11.2. The minimum Gasteiger partial charge on any atom is -0.339 e.